The maximum absolute atomic E-state index is 13.5. The standard InChI is InChI=1S/C32H31N3O5S/c1-40-28-13-9-24(10-14-28)32(37)35-18-16-23-8-12-27(20-30(23)35)33-31(36)26-7-4-17-34(21-26)41(38,39)29-15-11-22-5-2-3-6-25(22)19-29/h2-3,5-6,8-15,19-20,26H,4,7,16-18,21H2,1H3,(H,33,36)/t26-/m1/s1. The number of amides is 2. The second kappa shape index (κ2) is 11.0. The molecule has 9 heteroatoms. The van der Waals surface area contributed by atoms with Crippen LogP contribution in [0, 0.1) is 5.92 Å². The van der Waals surface area contributed by atoms with Crippen LogP contribution >= 0.6 is 0 Å². The number of hydrogen-bond donors (Lipinski definition) is 1. The van der Waals surface area contributed by atoms with Crippen molar-refractivity contribution < 1.29 is 22.7 Å². The normalized spacial score (nSPS) is 17.3. The van der Waals surface area contributed by atoms with Crippen LogP contribution in [0.4, 0.5) is 11.4 Å². The van der Waals surface area contributed by atoms with E-state index >= 15 is 0 Å². The number of ether oxygens (including phenoxy) is 1. The molecule has 8 nitrogen and oxygen atoms in total. The van der Waals surface area contributed by atoms with Crippen LogP contribution in [-0.2, 0) is 21.2 Å². The number of rotatable bonds is 6. The first-order valence-corrected chi connectivity index (χ1v) is 15.2. The number of carbonyl (C=O) groups excluding carboxylic acids is 2. The highest BCUT2D eigenvalue weighted by molar-refractivity contribution is 7.89. The Hall–Kier alpha value is -4.21. The molecule has 2 amide bonds. The van der Waals surface area contributed by atoms with E-state index in [4.69, 9.17) is 4.74 Å². The first-order chi connectivity index (χ1) is 19.8. The Morgan fingerprint density at radius 2 is 1.68 bits per heavy atom. The maximum Gasteiger partial charge on any atom is 0.258 e. The largest absolute Gasteiger partial charge is 0.497 e. The second-order valence-electron chi connectivity index (χ2n) is 10.5. The van der Waals surface area contributed by atoms with E-state index in [-0.39, 0.29) is 23.3 Å². The molecule has 0 radical (unpaired) electrons. The summed E-state index contributed by atoms with van der Waals surface area (Å²) in [7, 11) is -2.17. The van der Waals surface area contributed by atoms with Crippen LogP contribution in [0.1, 0.15) is 28.8 Å². The van der Waals surface area contributed by atoms with Gasteiger partial charge >= 0.3 is 0 Å². The van der Waals surface area contributed by atoms with Crippen molar-refractivity contribution in [1.82, 2.24) is 4.31 Å². The van der Waals surface area contributed by atoms with Gasteiger partial charge in [-0.05, 0) is 84.1 Å². The van der Waals surface area contributed by atoms with Crippen LogP contribution in [0.5, 0.6) is 5.75 Å². The molecule has 0 saturated carbocycles. The minimum absolute atomic E-state index is 0.114. The van der Waals surface area contributed by atoms with Crippen molar-refractivity contribution in [3.63, 3.8) is 0 Å². The molecule has 2 aliphatic rings. The smallest absolute Gasteiger partial charge is 0.258 e. The minimum Gasteiger partial charge on any atom is -0.497 e. The van der Waals surface area contributed by atoms with Crippen molar-refractivity contribution in [2.75, 3.05) is 37.0 Å². The molecule has 210 valence electrons. The Labute approximate surface area is 239 Å². The Morgan fingerprint density at radius 1 is 0.902 bits per heavy atom. The van der Waals surface area contributed by atoms with Gasteiger partial charge in [0.15, 0.2) is 0 Å². The maximum atomic E-state index is 13.5. The molecular formula is C32H31N3O5S. The van der Waals surface area contributed by atoms with Crippen LogP contribution in [0.2, 0.25) is 0 Å². The molecule has 4 aromatic carbocycles. The van der Waals surface area contributed by atoms with E-state index in [1.165, 1.54) is 4.31 Å². The van der Waals surface area contributed by atoms with Crippen molar-refractivity contribution in [2.45, 2.75) is 24.2 Å². The van der Waals surface area contributed by atoms with Gasteiger partial charge in [-0.3, -0.25) is 9.59 Å². The van der Waals surface area contributed by atoms with Gasteiger partial charge in [0.1, 0.15) is 5.75 Å². The molecule has 1 saturated heterocycles. The highest BCUT2D eigenvalue weighted by Gasteiger charge is 2.34. The Balaban J connectivity index is 1.16. The third-order valence-corrected chi connectivity index (χ3v) is 9.81. The van der Waals surface area contributed by atoms with Gasteiger partial charge in [0.2, 0.25) is 15.9 Å². The lowest BCUT2D eigenvalue weighted by Crippen LogP contribution is -2.43. The van der Waals surface area contributed by atoms with Gasteiger partial charge in [-0.25, -0.2) is 8.42 Å². The predicted octanol–water partition coefficient (Wildman–Crippen LogP) is 5.09. The van der Waals surface area contributed by atoms with Crippen LogP contribution in [-0.4, -0.2) is 51.3 Å². The van der Waals surface area contributed by atoms with Gasteiger partial charge < -0.3 is 15.0 Å². The molecule has 0 unspecified atom stereocenters. The van der Waals surface area contributed by atoms with Crippen molar-refractivity contribution in [1.29, 1.82) is 0 Å². The van der Waals surface area contributed by atoms with Gasteiger partial charge in [-0.2, -0.15) is 4.31 Å². The van der Waals surface area contributed by atoms with Crippen molar-refractivity contribution in [3.05, 3.63) is 96.1 Å². The number of benzene rings is 4. The zero-order valence-corrected chi connectivity index (χ0v) is 23.6. The van der Waals surface area contributed by atoms with E-state index in [1.807, 2.05) is 48.5 Å². The summed E-state index contributed by atoms with van der Waals surface area (Å²) in [5.41, 5.74) is 2.95. The fourth-order valence-electron chi connectivity index (χ4n) is 5.65. The molecule has 4 aromatic rings. The van der Waals surface area contributed by atoms with E-state index in [9.17, 15) is 18.0 Å². The number of carbonyl (C=O) groups is 2. The van der Waals surface area contributed by atoms with Gasteiger partial charge in [0.05, 0.1) is 17.9 Å². The number of nitrogens with zero attached hydrogens (tertiary/aromatic N) is 2. The Kier molecular flexibility index (Phi) is 7.23. The van der Waals surface area contributed by atoms with Crippen molar-refractivity contribution >= 4 is 44.0 Å². The van der Waals surface area contributed by atoms with Crippen LogP contribution in [0.3, 0.4) is 0 Å². The highest BCUT2D eigenvalue weighted by Crippen LogP contribution is 2.33. The monoisotopic (exact) mass is 569 g/mol. The minimum atomic E-state index is -3.75. The quantitative estimate of drug-likeness (QED) is 0.349. The zero-order chi connectivity index (χ0) is 28.6. The van der Waals surface area contributed by atoms with Crippen LogP contribution in [0.15, 0.2) is 89.8 Å². The fourth-order valence-corrected chi connectivity index (χ4v) is 7.21. The number of nitrogens with one attached hydrogen (secondary N) is 1. The molecule has 41 heavy (non-hydrogen) atoms. The van der Waals surface area contributed by atoms with Crippen LogP contribution in [0.25, 0.3) is 10.8 Å². The van der Waals surface area contributed by atoms with Crippen molar-refractivity contribution in [3.8, 4) is 5.75 Å². The lowest BCUT2D eigenvalue weighted by Gasteiger charge is -2.31. The van der Waals surface area contributed by atoms with Crippen molar-refractivity contribution in [2.24, 2.45) is 5.92 Å². The molecular weight excluding hydrogens is 538 g/mol. The molecule has 6 rings (SSSR count). The Morgan fingerprint density at radius 3 is 2.46 bits per heavy atom. The molecule has 2 heterocycles. The third-order valence-electron chi connectivity index (χ3n) is 7.94. The summed E-state index contributed by atoms with van der Waals surface area (Å²) in [6.45, 7) is 1.05. The van der Waals surface area contributed by atoms with E-state index in [2.05, 4.69) is 5.32 Å². The average Bonchev–Trinajstić information content (AvgIpc) is 3.44. The topological polar surface area (TPSA) is 96.0 Å². The van der Waals surface area contributed by atoms with E-state index in [0.29, 0.717) is 42.9 Å². The number of hydrogen-bond acceptors (Lipinski definition) is 5. The number of sulfonamides is 1. The summed E-state index contributed by atoms with van der Waals surface area (Å²) in [6.07, 6.45) is 1.93. The third kappa shape index (κ3) is 5.30. The van der Waals surface area contributed by atoms with E-state index < -0.39 is 15.9 Å². The first-order valence-electron chi connectivity index (χ1n) is 13.7. The number of anilines is 2. The van der Waals surface area contributed by atoms with E-state index in [1.54, 1.807) is 48.4 Å². The van der Waals surface area contributed by atoms with Gasteiger partial charge in [0.25, 0.3) is 5.91 Å². The number of fused-ring (bicyclic) bond motifs is 2. The molecule has 2 aliphatic heterocycles. The summed E-state index contributed by atoms with van der Waals surface area (Å²) < 4.78 is 33.6. The first kappa shape index (κ1) is 27.0. The van der Waals surface area contributed by atoms with Gasteiger partial charge in [0, 0.05) is 36.6 Å². The van der Waals surface area contributed by atoms with Crippen LogP contribution < -0.4 is 15.0 Å². The molecule has 0 bridgehead atoms. The summed E-state index contributed by atoms with van der Waals surface area (Å²) >= 11 is 0. The molecule has 0 spiro atoms. The molecule has 1 fully saturated rings. The SMILES string of the molecule is COc1ccc(C(=O)N2CCc3ccc(NC(=O)[C@@H]4CCCN(S(=O)(=O)c5ccc6ccccc6c5)C4)cc32)cc1. The summed E-state index contributed by atoms with van der Waals surface area (Å²) in [5.74, 6) is -0.143. The van der Waals surface area contributed by atoms with Gasteiger partial charge in [-0.1, -0.05) is 36.4 Å². The molecule has 0 aromatic heterocycles. The lowest BCUT2D eigenvalue weighted by atomic mass is 9.98. The lowest BCUT2D eigenvalue weighted by molar-refractivity contribution is -0.120. The van der Waals surface area contributed by atoms with E-state index in [0.717, 1.165) is 28.4 Å². The fraction of sp³-hybridized carbons (Fsp3) is 0.250. The number of piperidine rings is 1. The molecule has 1 N–H and O–H groups in total. The highest BCUT2D eigenvalue weighted by atomic mass is 32.2. The average molecular weight is 570 g/mol. The zero-order valence-electron chi connectivity index (χ0n) is 22.7. The summed E-state index contributed by atoms with van der Waals surface area (Å²) in [4.78, 5) is 28.5. The molecule has 0 aliphatic carbocycles. The Bertz CT molecular complexity index is 1740. The second-order valence-corrected chi connectivity index (χ2v) is 12.4. The predicted molar refractivity (Wildman–Crippen MR) is 159 cm³/mol. The summed E-state index contributed by atoms with van der Waals surface area (Å²) in [6, 6.07) is 25.4. The molecule has 1 atom stereocenters. The summed E-state index contributed by atoms with van der Waals surface area (Å²) in [5, 5.41) is 4.81. The number of methoxy groups -OCH3 is 1. The van der Waals surface area contributed by atoms with Gasteiger partial charge in [-0.15, -0.1) is 0 Å².